The summed E-state index contributed by atoms with van der Waals surface area (Å²) in [5, 5.41) is 7.50. The highest BCUT2D eigenvalue weighted by Crippen LogP contribution is 2.58. The van der Waals surface area contributed by atoms with Crippen molar-refractivity contribution >= 4 is 17.2 Å². The summed E-state index contributed by atoms with van der Waals surface area (Å²) in [4.78, 5) is 16.3. The maximum Gasteiger partial charge on any atom is 0.243 e. The van der Waals surface area contributed by atoms with E-state index in [1.807, 2.05) is 12.3 Å². The van der Waals surface area contributed by atoms with Gasteiger partial charge < -0.3 is 5.32 Å². The molecule has 28 heavy (non-hydrogen) atoms. The Morgan fingerprint density at radius 2 is 2.25 bits per heavy atom. The van der Waals surface area contributed by atoms with E-state index < -0.39 is 0 Å². The number of hydrogen-bond acceptors (Lipinski definition) is 3. The van der Waals surface area contributed by atoms with Crippen LogP contribution in [0.25, 0.3) is 0 Å². The first kappa shape index (κ1) is 20.8. The van der Waals surface area contributed by atoms with Crippen molar-refractivity contribution in [3.63, 3.8) is 0 Å². The first-order valence-electron chi connectivity index (χ1n) is 10.6. The SMILES string of the molecule is CCCCC[C@]1(c2ccsc2)C[C@H]1C=CC(=O)NCCCCc1cccnc1. The van der Waals surface area contributed by atoms with Gasteiger partial charge in [0.25, 0.3) is 0 Å². The highest BCUT2D eigenvalue weighted by Gasteiger charge is 2.53. The van der Waals surface area contributed by atoms with Crippen molar-refractivity contribution in [3.8, 4) is 0 Å². The number of pyridine rings is 1. The second kappa shape index (κ2) is 10.6. The molecule has 4 heteroatoms. The summed E-state index contributed by atoms with van der Waals surface area (Å²) in [6, 6.07) is 6.34. The van der Waals surface area contributed by atoms with E-state index in [2.05, 4.69) is 46.2 Å². The van der Waals surface area contributed by atoms with Gasteiger partial charge in [0.2, 0.25) is 5.91 Å². The third kappa shape index (κ3) is 5.78. The molecule has 1 fully saturated rings. The molecule has 2 heterocycles. The van der Waals surface area contributed by atoms with Crippen LogP contribution in [0.15, 0.2) is 53.5 Å². The Morgan fingerprint density at radius 3 is 3.00 bits per heavy atom. The molecule has 1 N–H and O–H groups in total. The fourth-order valence-corrected chi connectivity index (χ4v) is 4.83. The molecule has 2 aromatic rings. The van der Waals surface area contributed by atoms with Crippen molar-refractivity contribution in [2.45, 2.75) is 63.7 Å². The standard InChI is InChI=1S/C24H32N2OS/c1-2-3-5-13-24(22-12-16-28-19-22)17-21(24)10-11-23(27)26-15-6-4-8-20-9-7-14-25-18-20/h7,9-12,14,16,18-19,21H,2-6,8,13,15,17H2,1H3,(H,26,27)/t21-,24+/m1/s1. The van der Waals surface area contributed by atoms with Crippen molar-refractivity contribution in [3.05, 3.63) is 64.6 Å². The van der Waals surface area contributed by atoms with E-state index in [1.54, 1.807) is 23.6 Å². The molecule has 1 aliphatic carbocycles. The fraction of sp³-hybridized carbons (Fsp3) is 0.500. The summed E-state index contributed by atoms with van der Waals surface area (Å²) in [5.74, 6) is 0.552. The topological polar surface area (TPSA) is 42.0 Å². The van der Waals surface area contributed by atoms with Crippen LogP contribution in [0.3, 0.4) is 0 Å². The van der Waals surface area contributed by atoms with E-state index in [0.29, 0.717) is 5.92 Å². The van der Waals surface area contributed by atoms with Crippen LogP contribution < -0.4 is 5.32 Å². The quantitative estimate of drug-likeness (QED) is 0.371. The zero-order valence-corrected chi connectivity index (χ0v) is 17.7. The summed E-state index contributed by atoms with van der Waals surface area (Å²) in [7, 11) is 0. The Hall–Kier alpha value is -1.94. The minimum Gasteiger partial charge on any atom is -0.353 e. The number of nitrogens with zero attached hydrogens (tertiary/aromatic N) is 1. The zero-order valence-electron chi connectivity index (χ0n) is 16.9. The maximum absolute atomic E-state index is 12.2. The predicted molar refractivity (Wildman–Crippen MR) is 118 cm³/mol. The Balaban J connectivity index is 1.39. The Morgan fingerprint density at radius 1 is 1.32 bits per heavy atom. The smallest absolute Gasteiger partial charge is 0.243 e. The number of amides is 1. The van der Waals surface area contributed by atoms with E-state index in [9.17, 15) is 4.79 Å². The molecular formula is C24H32N2OS. The molecule has 0 aromatic carbocycles. The van der Waals surface area contributed by atoms with Gasteiger partial charge in [-0.1, -0.05) is 38.3 Å². The zero-order chi connectivity index (χ0) is 19.7. The second-order valence-electron chi connectivity index (χ2n) is 7.90. The number of rotatable bonds is 12. The number of carbonyl (C=O) groups excluding carboxylic acids is 1. The van der Waals surface area contributed by atoms with Crippen molar-refractivity contribution in [1.82, 2.24) is 10.3 Å². The number of allylic oxidation sites excluding steroid dienone is 1. The molecule has 0 radical (unpaired) electrons. The molecular weight excluding hydrogens is 364 g/mol. The third-order valence-corrected chi connectivity index (χ3v) is 6.53. The Labute approximate surface area is 173 Å². The lowest BCUT2D eigenvalue weighted by Crippen LogP contribution is -2.22. The van der Waals surface area contributed by atoms with Crippen LogP contribution in [-0.2, 0) is 16.6 Å². The van der Waals surface area contributed by atoms with Crippen LogP contribution in [0.2, 0.25) is 0 Å². The molecule has 2 atom stereocenters. The largest absolute Gasteiger partial charge is 0.353 e. The van der Waals surface area contributed by atoms with E-state index in [4.69, 9.17) is 0 Å². The first-order valence-corrected chi connectivity index (χ1v) is 11.6. The summed E-state index contributed by atoms with van der Waals surface area (Å²) in [6.07, 6.45) is 16.9. The minimum atomic E-state index is 0.0426. The molecule has 0 spiro atoms. The van der Waals surface area contributed by atoms with E-state index >= 15 is 0 Å². The third-order valence-electron chi connectivity index (χ3n) is 5.85. The van der Waals surface area contributed by atoms with Gasteiger partial charge in [0.05, 0.1) is 0 Å². The van der Waals surface area contributed by atoms with Crippen molar-refractivity contribution in [2.75, 3.05) is 6.54 Å². The Bertz CT molecular complexity index is 741. The molecule has 1 saturated carbocycles. The average Bonchev–Trinajstić information content (AvgIpc) is 3.13. The van der Waals surface area contributed by atoms with Gasteiger partial charge in [-0.05, 0) is 78.1 Å². The van der Waals surface area contributed by atoms with Gasteiger partial charge in [-0.3, -0.25) is 9.78 Å². The maximum atomic E-state index is 12.2. The molecule has 0 aliphatic heterocycles. The minimum absolute atomic E-state index is 0.0426. The number of thiophene rings is 1. The van der Waals surface area contributed by atoms with Crippen LogP contribution in [0.1, 0.15) is 63.0 Å². The van der Waals surface area contributed by atoms with Gasteiger partial charge in [0, 0.05) is 24.4 Å². The van der Waals surface area contributed by atoms with Gasteiger partial charge in [-0.15, -0.1) is 0 Å². The molecule has 3 nitrogen and oxygen atoms in total. The number of carbonyl (C=O) groups is 1. The lowest BCUT2D eigenvalue weighted by molar-refractivity contribution is -0.116. The fourth-order valence-electron chi connectivity index (χ4n) is 4.06. The number of aryl methyl sites for hydroxylation is 1. The van der Waals surface area contributed by atoms with Crippen LogP contribution in [0.5, 0.6) is 0 Å². The number of hydrogen-bond donors (Lipinski definition) is 1. The monoisotopic (exact) mass is 396 g/mol. The number of aromatic nitrogens is 1. The Kier molecular flexibility index (Phi) is 7.84. The molecule has 0 unspecified atom stereocenters. The van der Waals surface area contributed by atoms with Crippen molar-refractivity contribution in [2.24, 2.45) is 5.92 Å². The lowest BCUT2D eigenvalue weighted by Gasteiger charge is -2.15. The van der Waals surface area contributed by atoms with Crippen LogP contribution in [0, 0.1) is 5.92 Å². The number of unbranched alkanes of at least 4 members (excludes halogenated alkanes) is 3. The van der Waals surface area contributed by atoms with Crippen molar-refractivity contribution in [1.29, 1.82) is 0 Å². The average molecular weight is 397 g/mol. The highest BCUT2D eigenvalue weighted by atomic mass is 32.1. The predicted octanol–water partition coefficient (Wildman–Crippen LogP) is 5.68. The first-order chi connectivity index (χ1) is 13.7. The van der Waals surface area contributed by atoms with Crippen LogP contribution in [-0.4, -0.2) is 17.4 Å². The molecule has 0 saturated heterocycles. The van der Waals surface area contributed by atoms with Crippen molar-refractivity contribution < 1.29 is 4.79 Å². The molecule has 2 aromatic heterocycles. The molecule has 1 aliphatic rings. The second-order valence-corrected chi connectivity index (χ2v) is 8.68. The van der Waals surface area contributed by atoms with Gasteiger partial charge in [-0.2, -0.15) is 11.3 Å². The summed E-state index contributed by atoms with van der Waals surface area (Å²) in [6.45, 7) is 2.99. The van der Waals surface area contributed by atoms with E-state index in [-0.39, 0.29) is 11.3 Å². The lowest BCUT2D eigenvalue weighted by atomic mass is 9.89. The van der Waals surface area contributed by atoms with Gasteiger partial charge in [-0.25, -0.2) is 0 Å². The molecule has 150 valence electrons. The van der Waals surface area contributed by atoms with E-state index in [0.717, 1.165) is 25.8 Å². The normalized spacial score (nSPS) is 21.1. The van der Waals surface area contributed by atoms with Gasteiger partial charge in [0.15, 0.2) is 0 Å². The summed E-state index contributed by atoms with van der Waals surface area (Å²) >= 11 is 1.78. The van der Waals surface area contributed by atoms with Gasteiger partial charge in [0.1, 0.15) is 0 Å². The van der Waals surface area contributed by atoms with Crippen LogP contribution >= 0.6 is 11.3 Å². The number of nitrogens with one attached hydrogen (secondary N) is 1. The molecule has 1 amide bonds. The van der Waals surface area contributed by atoms with Crippen LogP contribution in [0.4, 0.5) is 0 Å². The summed E-state index contributed by atoms with van der Waals surface area (Å²) in [5.41, 5.74) is 3.02. The molecule has 3 rings (SSSR count). The summed E-state index contributed by atoms with van der Waals surface area (Å²) < 4.78 is 0. The van der Waals surface area contributed by atoms with E-state index in [1.165, 1.54) is 43.2 Å². The highest BCUT2D eigenvalue weighted by molar-refractivity contribution is 7.08. The van der Waals surface area contributed by atoms with Gasteiger partial charge >= 0.3 is 0 Å². The molecule has 0 bridgehead atoms.